The topological polar surface area (TPSA) is 72.3 Å². The molecule has 3 rings (SSSR count). The number of fused-ring (bicyclic) bond motifs is 1. The van der Waals surface area contributed by atoms with E-state index in [1.54, 1.807) is 12.0 Å². The van der Waals surface area contributed by atoms with Gasteiger partial charge in [-0.05, 0) is 43.5 Å². The number of unbranched alkanes of at least 4 members (excludes halogenated alkanes) is 1. The number of nitrogens with zero attached hydrogens (tertiary/aromatic N) is 4. The summed E-state index contributed by atoms with van der Waals surface area (Å²) in [5.74, 6) is 2.64. The SMILES string of the molecule is CCCCNC(=O)N(Cc1nnc2n1CCCCC2)c1ccc(OC)cc1. The monoisotopic (exact) mass is 371 g/mol. The van der Waals surface area contributed by atoms with Crippen LogP contribution in [-0.2, 0) is 19.5 Å². The standard InChI is InChI=1S/C20H29N5O2/c1-3-4-13-21-20(26)25(16-9-11-17(27-2)12-10-16)15-19-23-22-18-8-6-5-7-14-24(18)19/h9-12H,3-8,13-15H2,1-2H3,(H,21,26). The highest BCUT2D eigenvalue weighted by atomic mass is 16.5. The largest absolute Gasteiger partial charge is 0.497 e. The second kappa shape index (κ2) is 9.39. The van der Waals surface area contributed by atoms with Crippen LogP contribution in [0.2, 0.25) is 0 Å². The number of nitrogens with one attached hydrogen (secondary N) is 1. The average molecular weight is 371 g/mol. The summed E-state index contributed by atoms with van der Waals surface area (Å²) in [5.41, 5.74) is 0.816. The van der Waals surface area contributed by atoms with Crippen LogP contribution in [0.5, 0.6) is 5.75 Å². The van der Waals surface area contributed by atoms with Crippen LogP contribution in [0.25, 0.3) is 0 Å². The molecule has 0 spiro atoms. The Labute approximate surface area is 160 Å². The molecule has 1 N–H and O–H groups in total. The molecule has 0 saturated carbocycles. The predicted molar refractivity (Wildman–Crippen MR) is 105 cm³/mol. The maximum atomic E-state index is 12.9. The molecule has 1 aromatic carbocycles. The van der Waals surface area contributed by atoms with Crippen molar-refractivity contribution in [3.05, 3.63) is 35.9 Å². The number of amides is 2. The zero-order chi connectivity index (χ0) is 19.1. The summed E-state index contributed by atoms with van der Waals surface area (Å²) in [6.45, 7) is 4.10. The minimum atomic E-state index is -0.111. The van der Waals surface area contributed by atoms with Gasteiger partial charge < -0.3 is 14.6 Å². The van der Waals surface area contributed by atoms with E-state index in [1.165, 1.54) is 6.42 Å². The molecule has 7 heteroatoms. The summed E-state index contributed by atoms with van der Waals surface area (Å²) < 4.78 is 7.42. The Hall–Kier alpha value is -2.57. The van der Waals surface area contributed by atoms with Crippen LogP contribution >= 0.6 is 0 Å². The molecule has 0 fully saturated rings. The highest BCUT2D eigenvalue weighted by Crippen LogP contribution is 2.22. The number of ether oxygens (including phenoxy) is 1. The summed E-state index contributed by atoms with van der Waals surface area (Å²) >= 11 is 0. The molecule has 0 saturated heterocycles. The first kappa shape index (κ1) is 19.2. The normalized spacial score (nSPS) is 13.6. The Morgan fingerprint density at radius 2 is 2.04 bits per heavy atom. The molecule has 146 valence electrons. The third kappa shape index (κ3) is 4.78. The molecule has 2 amide bonds. The number of rotatable bonds is 7. The maximum absolute atomic E-state index is 12.9. The first-order chi connectivity index (χ1) is 13.2. The van der Waals surface area contributed by atoms with Crippen molar-refractivity contribution in [2.45, 2.75) is 58.5 Å². The maximum Gasteiger partial charge on any atom is 0.322 e. The molecular weight excluding hydrogens is 342 g/mol. The van der Waals surface area contributed by atoms with Crippen LogP contribution in [0.4, 0.5) is 10.5 Å². The van der Waals surface area contributed by atoms with E-state index in [0.29, 0.717) is 13.1 Å². The van der Waals surface area contributed by atoms with Crippen LogP contribution in [0.1, 0.15) is 50.7 Å². The second-order valence-corrected chi connectivity index (χ2v) is 6.86. The van der Waals surface area contributed by atoms with E-state index in [0.717, 1.165) is 61.7 Å². The number of hydrogen-bond donors (Lipinski definition) is 1. The number of carbonyl (C=O) groups is 1. The lowest BCUT2D eigenvalue weighted by molar-refractivity contribution is 0.245. The zero-order valence-corrected chi connectivity index (χ0v) is 16.3. The molecule has 0 radical (unpaired) electrons. The van der Waals surface area contributed by atoms with Crippen LogP contribution in [0.15, 0.2) is 24.3 Å². The highest BCUT2D eigenvalue weighted by Gasteiger charge is 2.21. The smallest absolute Gasteiger partial charge is 0.322 e. The third-order valence-electron chi connectivity index (χ3n) is 4.92. The number of benzene rings is 1. The van der Waals surface area contributed by atoms with Gasteiger partial charge in [-0.25, -0.2) is 4.79 Å². The van der Waals surface area contributed by atoms with E-state index < -0.39 is 0 Å². The van der Waals surface area contributed by atoms with E-state index >= 15 is 0 Å². The number of carbonyl (C=O) groups excluding carboxylic acids is 1. The van der Waals surface area contributed by atoms with Gasteiger partial charge in [0.1, 0.15) is 11.6 Å². The molecule has 0 unspecified atom stereocenters. The van der Waals surface area contributed by atoms with Crippen LogP contribution in [0, 0.1) is 0 Å². The third-order valence-corrected chi connectivity index (χ3v) is 4.92. The quantitative estimate of drug-likeness (QED) is 0.756. The summed E-state index contributed by atoms with van der Waals surface area (Å²) in [5, 5.41) is 11.8. The van der Waals surface area contributed by atoms with Crippen molar-refractivity contribution < 1.29 is 9.53 Å². The van der Waals surface area contributed by atoms with Gasteiger partial charge in [-0.3, -0.25) is 4.90 Å². The Morgan fingerprint density at radius 3 is 2.78 bits per heavy atom. The van der Waals surface area contributed by atoms with Crippen molar-refractivity contribution in [1.29, 1.82) is 0 Å². The molecule has 2 heterocycles. The lowest BCUT2D eigenvalue weighted by atomic mass is 10.2. The molecule has 7 nitrogen and oxygen atoms in total. The van der Waals surface area contributed by atoms with Gasteiger partial charge in [0.25, 0.3) is 0 Å². The fourth-order valence-electron chi connectivity index (χ4n) is 3.31. The number of methoxy groups -OCH3 is 1. The van der Waals surface area contributed by atoms with E-state index in [1.807, 2.05) is 24.3 Å². The minimum Gasteiger partial charge on any atom is -0.497 e. The van der Waals surface area contributed by atoms with Crippen LogP contribution in [-0.4, -0.2) is 34.5 Å². The van der Waals surface area contributed by atoms with E-state index in [4.69, 9.17) is 4.74 Å². The number of aryl methyl sites for hydroxylation is 1. The van der Waals surface area contributed by atoms with E-state index in [9.17, 15) is 4.79 Å². The molecule has 1 aliphatic rings. The lowest BCUT2D eigenvalue weighted by Gasteiger charge is -2.23. The van der Waals surface area contributed by atoms with E-state index in [2.05, 4.69) is 27.0 Å². The first-order valence-corrected chi connectivity index (χ1v) is 9.83. The molecule has 0 atom stereocenters. The van der Waals surface area contributed by atoms with Crippen molar-refractivity contribution in [1.82, 2.24) is 20.1 Å². The second-order valence-electron chi connectivity index (χ2n) is 6.86. The number of urea groups is 1. The van der Waals surface area contributed by atoms with Gasteiger partial charge >= 0.3 is 6.03 Å². The van der Waals surface area contributed by atoms with Crippen molar-refractivity contribution in [3.8, 4) is 5.75 Å². The van der Waals surface area contributed by atoms with Crippen LogP contribution in [0.3, 0.4) is 0 Å². The molecule has 2 aromatic rings. The molecule has 0 aliphatic carbocycles. The molecule has 1 aliphatic heterocycles. The van der Waals surface area contributed by atoms with Crippen molar-refractivity contribution >= 4 is 11.7 Å². The number of anilines is 1. The Morgan fingerprint density at radius 1 is 1.22 bits per heavy atom. The van der Waals surface area contributed by atoms with Gasteiger partial charge in [-0.2, -0.15) is 0 Å². The van der Waals surface area contributed by atoms with Crippen molar-refractivity contribution in [2.75, 3.05) is 18.6 Å². The average Bonchev–Trinajstić information content (AvgIpc) is 2.92. The lowest BCUT2D eigenvalue weighted by Crippen LogP contribution is -2.40. The first-order valence-electron chi connectivity index (χ1n) is 9.83. The minimum absolute atomic E-state index is 0.111. The van der Waals surface area contributed by atoms with Crippen molar-refractivity contribution in [3.63, 3.8) is 0 Å². The van der Waals surface area contributed by atoms with Crippen LogP contribution < -0.4 is 15.0 Å². The summed E-state index contributed by atoms with van der Waals surface area (Å²) in [4.78, 5) is 14.6. The van der Waals surface area contributed by atoms with E-state index in [-0.39, 0.29) is 6.03 Å². The summed E-state index contributed by atoms with van der Waals surface area (Å²) in [7, 11) is 1.63. The fourth-order valence-corrected chi connectivity index (χ4v) is 3.31. The predicted octanol–water partition coefficient (Wildman–Crippen LogP) is 3.53. The highest BCUT2D eigenvalue weighted by molar-refractivity contribution is 5.91. The molecule has 0 bridgehead atoms. The molecular formula is C20H29N5O2. The van der Waals surface area contributed by atoms with Gasteiger partial charge in [-0.1, -0.05) is 19.8 Å². The molecule has 1 aromatic heterocycles. The van der Waals surface area contributed by atoms with Crippen molar-refractivity contribution in [2.24, 2.45) is 0 Å². The Balaban J connectivity index is 1.83. The summed E-state index contributed by atoms with van der Waals surface area (Å²) in [6.07, 6.45) is 6.45. The van der Waals surface area contributed by atoms with Gasteiger partial charge in [0.15, 0.2) is 5.82 Å². The van der Waals surface area contributed by atoms with Gasteiger partial charge in [0.05, 0.1) is 13.7 Å². The number of aromatic nitrogens is 3. The van der Waals surface area contributed by atoms with Gasteiger partial charge in [0, 0.05) is 25.2 Å². The van der Waals surface area contributed by atoms with Gasteiger partial charge in [0.2, 0.25) is 0 Å². The molecule has 27 heavy (non-hydrogen) atoms. The van der Waals surface area contributed by atoms with Gasteiger partial charge in [-0.15, -0.1) is 10.2 Å². The zero-order valence-electron chi connectivity index (χ0n) is 16.3. The Bertz CT molecular complexity index is 741. The number of hydrogen-bond acceptors (Lipinski definition) is 4. The fraction of sp³-hybridized carbons (Fsp3) is 0.550. The summed E-state index contributed by atoms with van der Waals surface area (Å²) in [6, 6.07) is 7.42. The Kier molecular flexibility index (Phi) is 6.68.